The highest BCUT2D eigenvalue weighted by Gasteiger charge is 2.25. The lowest BCUT2D eigenvalue weighted by Crippen LogP contribution is -2.33. The van der Waals surface area contributed by atoms with Gasteiger partial charge in [0.05, 0.1) is 25.6 Å². The lowest BCUT2D eigenvalue weighted by atomic mass is 10.1. The number of benzene rings is 2. The summed E-state index contributed by atoms with van der Waals surface area (Å²) in [6, 6.07) is 13.2. The summed E-state index contributed by atoms with van der Waals surface area (Å²) in [5.41, 5.74) is 2.03. The third kappa shape index (κ3) is 6.70. The van der Waals surface area contributed by atoms with Crippen LogP contribution in [-0.2, 0) is 27.2 Å². The van der Waals surface area contributed by atoms with Gasteiger partial charge in [0.25, 0.3) is 0 Å². The molecule has 5 nitrogen and oxygen atoms in total. The van der Waals surface area contributed by atoms with Crippen molar-refractivity contribution < 1.29 is 14.2 Å². The Balaban J connectivity index is 1.31. The highest BCUT2D eigenvalue weighted by Crippen LogP contribution is 2.26. The monoisotopic (exact) mass is 494 g/mol. The van der Waals surface area contributed by atoms with Crippen LogP contribution in [0, 0.1) is 0 Å². The van der Waals surface area contributed by atoms with Crippen LogP contribution in [0.2, 0.25) is 15.1 Å². The van der Waals surface area contributed by atoms with E-state index >= 15 is 0 Å². The zero-order chi connectivity index (χ0) is 22.3. The minimum atomic E-state index is -0.285. The zero-order valence-corrected chi connectivity index (χ0v) is 19.8. The molecule has 0 N–H and O–H groups in total. The molecule has 3 atom stereocenters. The van der Waals surface area contributed by atoms with Crippen LogP contribution in [0.4, 0.5) is 0 Å². The molecule has 0 aliphatic carbocycles. The van der Waals surface area contributed by atoms with Crippen molar-refractivity contribution in [3.8, 4) is 0 Å². The fourth-order valence-corrected chi connectivity index (χ4v) is 4.25. The molecule has 3 aromatic rings. The van der Waals surface area contributed by atoms with Gasteiger partial charge in [-0.05, 0) is 54.7 Å². The molecule has 170 valence electrons. The van der Waals surface area contributed by atoms with E-state index in [1.807, 2.05) is 41.1 Å². The van der Waals surface area contributed by atoms with Crippen LogP contribution < -0.4 is 0 Å². The van der Waals surface area contributed by atoms with Gasteiger partial charge in [0, 0.05) is 33.9 Å². The van der Waals surface area contributed by atoms with Gasteiger partial charge in [0.1, 0.15) is 6.23 Å². The van der Waals surface area contributed by atoms with Crippen LogP contribution in [0.15, 0.2) is 61.2 Å². The van der Waals surface area contributed by atoms with Crippen molar-refractivity contribution in [1.29, 1.82) is 0 Å². The molecule has 0 spiro atoms. The Labute approximate surface area is 203 Å². The number of imidazole rings is 1. The highest BCUT2D eigenvalue weighted by atomic mass is 35.5. The average Bonchev–Trinajstić information content (AvgIpc) is 3.32. The Bertz CT molecular complexity index is 983. The van der Waals surface area contributed by atoms with Gasteiger partial charge in [-0.15, -0.1) is 0 Å². The van der Waals surface area contributed by atoms with E-state index in [0.717, 1.165) is 35.4 Å². The molecule has 1 saturated heterocycles. The van der Waals surface area contributed by atoms with E-state index < -0.39 is 0 Å². The first-order chi connectivity index (χ1) is 15.6. The van der Waals surface area contributed by atoms with Gasteiger partial charge in [0.15, 0.2) is 6.29 Å². The maximum Gasteiger partial charge on any atom is 0.158 e. The van der Waals surface area contributed by atoms with E-state index in [4.69, 9.17) is 49.0 Å². The molecule has 1 aliphatic heterocycles. The SMILES string of the molecule is Clc1ccc(CC(OC[C@H]2CCC[C@H](OCc3ccc(Cl)cc3Cl)O2)n2ccnc2)cc1. The van der Waals surface area contributed by atoms with Gasteiger partial charge >= 0.3 is 0 Å². The second-order valence-electron chi connectivity index (χ2n) is 7.79. The minimum absolute atomic E-state index is 0.0364. The summed E-state index contributed by atoms with van der Waals surface area (Å²) in [7, 11) is 0. The summed E-state index contributed by atoms with van der Waals surface area (Å²) < 4.78 is 20.4. The van der Waals surface area contributed by atoms with E-state index in [2.05, 4.69) is 4.98 Å². The Hall–Kier alpha value is -1.60. The molecule has 2 heterocycles. The number of halogens is 3. The van der Waals surface area contributed by atoms with Crippen LogP contribution in [0.25, 0.3) is 0 Å². The lowest BCUT2D eigenvalue weighted by molar-refractivity contribution is -0.215. The fraction of sp³-hybridized carbons (Fsp3) is 0.375. The molecule has 0 radical (unpaired) electrons. The van der Waals surface area contributed by atoms with Gasteiger partial charge in [-0.3, -0.25) is 0 Å². The summed E-state index contributed by atoms with van der Waals surface area (Å²) in [6.07, 6.45) is 8.41. The van der Waals surface area contributed by atoms with E-state index in [0.29, 0.717) is 29.7 Å². The topological polar surface area (TPSA) is 45.5 Å². The van der Waals surface area contributed by atoms with Crippen molar-refractivity contribution >= 4 is 34.8 Å². The molecule has 2 aromatic carbocycles. The molecule has 1 fully saturated rings. The third-order valence-corrected chi connectivity index (χ3v) is 6.24. The molecule has 32 heavy (non-hydrogen) atoms. The minimum Gasteiger partial charge on any atom is -0.355 e. The molecular formula is C24H25Cl3N2O3. The Morgan fingerprint density at radius 2 is 1.88 bits per heavy atom. The summed E-state index contributed by atoms with van der Waals surface area (Å²) in [6.45, 7) is 0.848. The summed E-state index contributed by atoms with van der Waals surface area (Å²) >= 11 is 18.2. The summed E-state index contributed by atoms with van der Waals surface area (Å²) in [4.78, 5) is 4.16. The van der Waals surface area contributed by atoms with E-state index in [1.165, 1.54) is 0 Å². The predicted octanol–water partition coefficient (Wildman–Crippen LogP) is 6.71. The molecule has 4 rings (SSSR count). The van der Waals surface area contributed by atoms with Crippen molar-refractivity contribution in [1.82, 2.24) is 9.55 Å². The van der Waals surface area contributed by atoms with Gasteiger partial charge in [-0.25, -0.2) is 4.98 Å². The molecule has 1 aliphatic rings. The second-order valence-corrected chi connectivity index (χ2v) is 9.07. The molecule has 0 saturated carbocycles. The standard InChI is InChI=1S/C24H25Cl3N2O3/c25-19-7-4-17(5-8-19)12-23(29-11-10-28-16-29)30-15-21-2-1-3-24(32-21)31-14-18-6-9-20(26)13-22(18)27/h4-11,13,16,21,23-24H,1-3,12,14-15H2/t21-,23?,24-/m1/s1. The Kier molecular flexibility index (Phi) is 8.47. The molecule has 8 heteroatoms. The largest absolute Gasteiger partial charge is 0.355 e. The maximum absolute atomic E-state index is 6.28. The van der Waals surface area contributed by atoms with Crippen molar-refractivity contribution in [2.24, 2.45) is 0 Å². The number of hydrogen-bond donors (Lipinski definition) is 0. The van der Waals surface area contributed by atoms with Crippen LogP contribution in [0.3, 0.4) is 0 Å². The number of aromatic nitrogens is 2. The zero-order valence-electron chi connectivity index (χ0n) is 17.5. The normalized spacial score (nSPS) is 19.7. The first-order valence-electron chi connectivity index (χ1n) is 10.6. The number of rotatable bonds is 9. The molecular weight excluding hydrogens is 471 g/mol. The smallest absolute Gasteiger partial charge is 0.158 e. The van der Waals surface area contributed by atoms with Crippen molar-refractivity contribution in [2.75, 3.05) is 6.61 Å². The maximum atomic E-state index is 6.28. The van der Waals surface area contributed by atoms with Crippen molar-refractivity contribution in [3.63, 3.8) is 0 Å². The molecule has 1 unspecified atom stereocenters. The fourth-order valence-electron chi connectivity index (χ4n) is 3.66. The molecule has 1 aromatic heterocycles. The highest BCUT2D eigenvalue weighted by molar-refractivity contribution is 6.35. The van der Waals surface area contributed by atoms with Gasteiger partial charge in [-0.2, -0.15) is 0 Å². The van der Waals surface area contributed by atoms with Crippen LogP contribution in [-0.4, -0.2) is 28.6 Å². The van der Waals surface area contributed by atoms with Crippen LogP contribution in [0.5, 0.6) is 0 Å². The molecule has 0 bridgehead atoms. The second kappa shape index (κ2) is 11.5. The summed E-state index contributed by atoms with van der Waals surface area (Å²) in [5, 5.41) is 1.92. The average molecular weight is 496 g/mol. The van der Waals surface area contributed by atoms with Crippen molar-refractivity contribution in [2.45, 2.75) is 50.9 Å². The number of hydrogen-bond acceptors (Lipinski definition) is 4. The predicted molar refractivity (Wildman–Crippen MR) is 126 cm³/mol. The van der Waals surface area contributed by atoms with Gasteiger partial charge in [0.2, 0.25) is 0 Å². The number of nitrogens with zero attached hydrogens (tertiary/aromatic N) is 2. The van der Waals surface area contributed by atoms with E-state index in [1.54, 1.807) is 24.7 Å². The summed E-state index contributed by atoms with van der Waals surface area (Å²) in [5.74, 6) is 0. The Morgan fingerprint density at radius 1 is 1.06 bits per heavy atom. The lowest BCUT2D eigenvalue weighted by Gasteiger charge is -2.31. The quantitative estimate of drug-likeness (QED) is 0.331. The van der Waals surface area contributed by atoms with Crippen LogP contribution in [0.1, 0.15) is 36.6 Å². The molecule has 0 amide bonds. The number of ether oxygens (including phenoxy) is 3. The van der Waals surface area contributed by atoms with E-state index in [-0.39, 0.29) is 18.6 Å². The van der Waals surface area contributed by atoms with Gasteiger partial charge < -0.3 is 18.8 Å². The first-order valence-corrected chi connectivity index (χ1v) is 11.7. The van der Waals surface area contributed by atoms with E-state index in [9.17, 15) is 0 Å². The van der Waals surface area contributed by atoms with Crippen molar-refractivity contribution in [3.05, 3.63) is 87.4 Å². The van der Waals surface area contributed by atoms with Crippen LogP contribution >= 0.6 is 34.8 Å². The third-order valence-electron chi connectivity index (χ3n) is 5.41. The Morgan fingerprint density at radius 3 is 2.62 bits per heavy atom. The van der Waals surface area contributed by atoms with Gasteiger partial charge in [-0.1, -0.05) is 53.0 Å². The first kappa shape index (κ1) is 23.6.